The summed E-state index contributed by atoms with van der Waals surface area (Å²) in [7, 11) is 0. The maximum Gasteiger partial charge on any atom is 0.110 e. The Kier molecular flexibility index (Phi) is 5.50. The number of rotatable bonds is 6. The molecule has 1 N–H and O–H groups in total. The Balaban J connectivity index is 1.74. The summed E-state index contributed by atoms with van der Waals surface area (Å²) in [6, 6.07) is 8.04. The number of thiophene rings is 1. The van der Waals surface area contributed by atoms with Crippen LogP contribution in [0.5, 0.6) is 0 Å². The molecule has 6 heteroatoms. The van der Waals surface area contributed by atoms with Gasteiger partial charge in [-0.05, 0) is 40.4 Å². The van der Waals surface area contributed by atoms with Crippen LogP contribution in [0.15, 0.2) is 46.6 Å². The molecule has 0 bridgehead atoms. The molecule has 2 heterocycles. The summed E-state index contributed by atoms with van der Waals surface area (Å²) in [6.07, 6.45) is 2.75. The van der Waals surface area contributed by atoms with Crippen LogP contribution in [0.4, 0.5) is 0 Å². The van der Waals surface area contributed by atoms with E-state index >= 15 is 0 Å². The van der Waals surface area contributed by atoms with Gasteiger partial charge in [0.15, 0.2) is 0 Å². The molecule has 0 saturated heterocycles. The maximum atomic E-state index is 6.26. The van der Waals surface area contributed by atoms with Crippen molar-refractivity contribution in [2.24, 2.45) is 0 Å². The molecule has 0 amide bonds. The summed E-state index contributed by atoms with van der Waals surface area (Å²) in [5.74, 6) is 0. The summed E-state index contributed by atoms with van der Waals surface area (Å²) in [6.45, 7) is 0.660. The van der Waals surface area contributed by atoms with Crippen LogP contribution in [-0.2, 0) is 13.0 Å². The molecule has 1 atom stereocenters. The lowest BCUT2D eigenvalue weighted by Crippen LogP contribution is -2.23. The first-order valence-corrected chi connectivity index (χ1v) is 9.38. The molecule has 0 fully saturated rings. The lowest BCUT2D eigenvalue weighted by molar-refractivity contribution is 0.528. The van der Waals surface area contributed by atoms with Crippen molar-refractivity contribution in [3.8, 4) is 0 Å². The topological polar surface area (TPSA) is 24.9 Å². The van der Waals surface area contributed by atoms with Crippen LogP contribution in [0.3, 0.4) is 0 Å². The molecule has 2 nitrogen and oxygen atoms in total. The third-order valence-electron chi connectivity index (χ3n) is 3.34. The Morgan fingerprint density at radius 2 is 2.09 bits per heavy atom. The lowest BCUT2D eigenvalue weighted by Gasteiger charge is -2.17. The van der Waals surface area contributed by atoms with Crippen molar-refractivity contribution in [1.29, 1.82) is 0 Å². The number of nitrogens with zero attached hydrogens (tertiary/aromatic N) is 1. The number of halogens is 2. The molecule has 0 aliphatic heterocycles. The van der Waals surface area contributed by atoms with Gasteiger partial charge in [0, 0.05) is 18.1 Å². The zero-order valence-corrected chi connectivity index (χ0v) is 14.8. The quantitative estimate of drug-likeness (QED) is 0.613. The minimum atomic E-state index is 0.171. The molecule has 0 saturated carbocycles. The maximum absolute atomic E-state index is 6.26. The highest BCUT2D eigenvalue weighted by atomic mass is 35.5. The van der Waals surface area contributed by atoms with Gasteiger partial charge in [-0.25, -0.2) is 4.98 Å². The number of nitrogens with one attached hydrogen (secondary N) is 1. The van der Waals surface area contributed by atoms with E-state index in [0.29, 0.717) is 16.6 Å². The average Bonchev–Trinajstić information content (AvgIpc) is 3.20. The van der Waals surface area contributed by atoms with Crippen LogP contribution in [-0.4, -0.2) is 4.98 Å². The van der Waals surface area contributed by atoms with Gasteiger partial charge in [-0.2, -0.15) is 11.3 Å². The van der Waals surface area contributed by atoms with E-state index in [1.165, 1.54) is 5.56 Å². The summed E-state index contributed by atoms with van der Waals surface area (Å²) in [5.41, 5.74) is 2.32. The number of hydrogen-bond acceptors (Lipinski definition) is 4. The van der Waals surface area contributed by atoms with Crippen LogP contribution >= 0.6 is 45.9 Å². The molecule has 114 valence electrons. The molecule has 0 aliphatic carbocycles. The second-order valence-corrected chi connectivity index (χ2v) is 7.34. The fraction of sp³-hybridized carbons (Fsp3) is 0.188. The third-order valence-corrected chi connectivity index (χ3v) is 5.82. The molecular formula is C16H14Cl2N2S2. The van der Waals surface area contributed by atoms with Crippen LogP contribution in [0.2, 0.25) is 10.0 Å². The van der Waals surface area contributed by atoms with Crippen molar-refractivity contribution in [2.45, 2.75) is 19.0 Å². The van der Waals surface area contributed by atoms with E-state index < -0.39 is 0 Å². The monoisotopic (exact) mass is 368 g/mol. The van der Waals surface area contributed by atoms with Gasteiger partial charge >= 0.3 is 0 Å². The van der Waals surface area contributed by atoms with Crippen molar-refractivity contribution < 1.29 is 0 Å². The minimum Gasteiger partial charge on any atom is -0.303 e. The molecule has 22 heavy (non-hydrogen) atoms. The molecule has 0 aliphatic rings. The van der Waals surface area contributed by atoms with Gasteiger partial charge in [0.25, 0.3) is 0 Å². The first kappa shape index (κ1) is 16.0. The number of thiazole rings is 1. The standard InChI is InChI=1S/C16H14Cl2N2S2/c17-13-3-1-2-12(15(13)18)9-20-14(16-19-5-7-22-16)8-11-4-6-21-10-11/h1-7,10,14,20H,8-9H2/t14-/m0/s1. The number of hydrogen-bond donors (Lipinski definition) is 1. The van der Waals surface area contributed by atoms with Crippen molar-refractivity contribution in [3.05, 3.63) is 72.8 Å². The minimum absolute atomic E-state index is 0.171. The first-order valence-electron chi connectivity index (χ1n) is 6.81. The Labute approximate surface area is 147 Å². The van der Waals surface area contributed by atoms with E-state index in [2.05, 4.69) is 27.1 Å². The smallest absolute Gasteiger partial charge is 0.110 e. The molecule has 3 aromatic rings. The van der Waals surface area contributed by atoms with E-state index in [1.54, 1.807) is 28.7 Å². The van der Waals surface area contributed by atoms with Crippen LogP contribution in [0.25, 0.3) is 0 Å². The van der Waals surface area contributed by atoms with Gasteiger partial charge in [0.05, 0.1) is 16.1 Å². The predicted octanol–water partition coefficient (Wildman–Crippen LogP) is 5.59. The van der Waals surface area contributed by atoms with Crippen LogP contribution in [0.1, 0.15) is 22.2 Å². The van der Waals surface area contributed by atoms with Gasteiger partial charge in [-0.3, -0.25) is 0 Å². The van der Waals surface area contributed by atoms with Crippen molar-refractivity contribution in [1.82, 2.24) is 10.3 Å². The van der Waals surface area contributed by atoms with E-state index in [0.717, 1.165) is 17.0 Å². The highest BCUT2D eigenvalue weighted by Crippen LogP contribution is 2.27. The Hall–Kier alpha value is -0.910. The molecule has 0 unspecified atom stereocenters. The molecule has 0 spiro atoms. The molecule has 0 radical (unpaired) electrons. The van der Waals surface area contributed by atoms with E-state index in [4.69, 9.17) is 23.2 Å². The highest BCUT2D eigenvalue weighted by Gasteiger charge is 2.16. The second kappa shape index (κ2) is 7.57. The van der Waals surface area contributed by atoms with Crippen LogP contribution in [0, 0.1) is 0 Å². The second-order valence-electron chi connectivity index (χ2n) is 4.85. The summed E-state index contributed by atoms with van der Waals surface area (Å²) < 4.78 is 0. The normalized spacial score (nSPS) is 12.5. The third kappa shape index (κ3) is 3.89. The fourth-order valence-corrected chi connectivity index (χ4v) is 4.00. The SMILES string of the molecule is Clc1cccc(CN[C@@H](Cc2ccsc2)c2nccs2)c1Cl. The highest BCUT2D eigenvalue weighted by molar-refractivity contribution is 7.09. The van der Waals surface area contributed by atoms with Gasteiger partial charge in [0.2, 0.25) is 0 Å². The molecular weight excluding hydrogens is 355 g/mol. The van der Waals surface area contributed by atoms with E-state index in [1.807, 2.05) is 23.7 Å². The zero-order valence-electron chi connectivity index (χ0n) is 11.6. The first-order chi connectivity index (χ1) is 10.7. The Morgan fingerprint density at radius 1 is 1.18 bits per heavy atom. The van der Waals surface area contributed by atoms with E-state index in [9.17, 15) is 0 Å². The number of benzene rings is 1. The largest absolute Gasteiger partial charge is 0.303 e. The van der Waals surface area contributed by atoms with Gasteiger partial charge in [-0.15, -0.1) is 11.3 Å². The van der Waals surface area contributed by atoms with Gasteiger partial charge < -0.3 is 5.32 Å². The van der Waals surface area contributed by atoms with Crippen molar-refractivity contribution >= 4 is 45.9 Å². The lowest BCUT2D eigenvalue weighted by atomic mass is 10.1. The van der Waals surface area contributed by atoms with Gasteiger partial charge in [-0.1, -0.05) is 35.3 Å². The zero-order chi connectivity index (χ0) is 15.4. The molecule has 1 aromatic carbocycles. The van der Waals surface area contributed by atoms with Crippen molar-refractivity contribution in [2.75, 3.05) is 0 Å². The van der Waals surface area contributed by atoms with Gasteiger partial charge in [0.1, 0.15) is 5.01 Å². The van der Waals surface area contributed by atoms with Crippen molar-refractivity contribution in [3.63, 3.8) is 0 Å². The average molecular weight is 369 g/mol. The van der Waals surface area contributed by atoms with Crippen LogP contribution < -0.4 is 5.32 Å². The fourth-order valence-electron chi connectivity index (χ4n) is 2.22. The Morgan fingerprint density at radius 3 is 2.82 bits per heavy atom. The summed E-state index contributed by atoms with van der Waals surface area (Å²) in [5, 5.41) is 12.1. The molecule has 3 rings (SSSR count). The summed E-state index contributed by atoms with van der Waals surface area (Å²) >= 11 is 15.7. The number of aromatic nitrogens is 1. The molecule has 2 aromatic heterocycles. The Bertz CT molecular complexity index is 712. The summed E-state index contributed by atoms with van der Waals surface area (Å²) in [4.78, 5) is 4.45. The predicted molar refractivity (Wildman–Crippen MR) is 96.2 cm³/mol. The van der Waals surface area contributed by atoms with E-state index in [-0.39, 0.29) is 6.04 Å².